The molecule has 0 spiro atoms. The summed E-state index contributed by atoms with van der Waals surface area (Å²) in [6.07, 6.45) is 0. The van der Waals surface area contributed by atoms with E-state index in [1.165, 1.54) is 23.1 Å². The molecule has 0 radical (unpaired) electrons. The van der Waals surface area contributed by atoms with Crippen LogP contribution in [0.5, 0.6) is 0 Å². The van der Waals surface area contributed by atoms with E-state index in [0.717, 1.165) is 0 Å². The Morgan fingerprint density at radius 1 is 1.28 bits per heavy atom. The number of rotatable bonds is 7. The fourth-order valence-corrected chi connectivity index (χ4v) is 4.03. The summed E-state index contributed by atoms with van der Waals surface area (Å²) in [5.41, 5.74) is 1.32. The lowest BCUT2D eigenvalue weighted by Gasteiger charge is -2.09. The molecule has 0 saturated carbocycles. The van der Waals surface area contributed by atoms with Crippen LogP contribution >= 0.6 is 46.3 Å². The molecule has 0 aliphatic carbocycles. The zero-order chi connectivity index (χ0) is 21.0. The highest BCUT2D eigenvalue weighted by Gasteiger charge is 2.17. The summed E-state index contributed by atoms with van der Waals surface area (Å²) in [7, 11) is 0. The smallest absolute Gasteiger partial charge is 0.238 e. The lowest BCUT2D eigenvalue weighted by molar-refractivity contribution is -0.115. The molecule has 2 amide bonds. The summed E-state index contributed by atoms with van der Waals surface area (Å²) in [6.45, 7) is 3.44. The maximum absolute atomic E-state index is 12.2. The summed E-state index contributed by atoms with van der Waals surface area (Å²) >= 11 is 14.7. The van der Waals surface area contributed by atoms with E-state index in [1.807, 2.05) is 0 Å². The Morgan fingerprint density at radius 2 is 2.07 bits per heavy atom. The van der Waals surface area contributed by atoms with Gasteiger partial charge in [-0.2, -0.15) is 0 Å². The number of hydrogen-bond acceptors (Lipinski definition) is 7. The number of hydrogen-bond donors (Lipinski definition) is 2. The summed E-state index contributed by atoms with van der Waals surface area (Å²) < 4.78 is 4.90. The van der Waals surface area contributed by atoms with Gasteiger partial charge in [0.05, 0.1) is 21.7 Å². The molecule has 0 aliphatic rings. The van der Waals surface area contributed by atoms with Crippen LogP contribution in [0.1, 0.15) is 12.7 Å². The van der Waals surface area contributed by atoms with Crippen molar-refractivity contribution in [2.75, 3.05) is 16.4 Å². The van der Waals surface area contributed by atoms with Crippen molar-refractivity contribution in [2.24, 2.45) is 0 Å². The average Bonchev–Trinajstić information content (AvgIpc) is 3.30. The van der Waals surface area contributed by atoms with Crippen molar-refractivity contribution in [3.63, 3.8) is 0 Å². The van der Waals surface area contributed by atoms with E-state index >= 15 is 0 Å². The number of thiazole rings is 1. The van der Waals surface area contributed by atoms with Crippen LogP contribution < -0.4 is 10.6 Å². The van der Waals surface area contributed by atoms with Gasteiger partial charge in [0.25, 0.3) is 0 Å². The predicted octanol–water partition coefficient (Wildman–Crippen LogP) is 5.11. The molecule has 3 rings (SSSR count). The summed E-state index contributed by atoms with van der Waals surface area (Å²) in [4.78, 5) is 28.7. The predicted molar refractivity (Wildman–Crippen MR) is 118 cm³/mol. The largest absolute Gasteiger partial charge is 0.360 e. The van der Waals surface area contributed by atoms with Gasteiger partial charge >= 0.3 is 0 Å². The fourth-order valence-electron chi connectivity index (χ4n) is 2.23. The van der Waals surface area contributed by atoms with Gasteiger partial charge in [0.1, 0.15) is 5.76 Å². The number of benzene rings is 1. The Morgan fingerprint density at radius 3 is 2.79 bits per heavy atom. The Balaban J connectivity index is 1.51. The number of halogens is 2. The SMILES string of the molecule is Cc1cc(NC(=O)C(C)SCC(=O)Nc2nc(-c3cc(Cl)ccc3Cl)cs2)no1. The van der Waals surface area contributed by atoms with Crippen LogP contribution in [0.2, 0.25) is 10.0 Å². The number of carbonyl (C=O) groups excluding carboxylic acids is 2. The number of thioether (sulfide) groups is 1. The van der Waals surface area contributed by atoms with E-state index in [4.69, 9.17) is 27.7 Å². The Hall–Kier alpha value is -2.07. The highest BCUT2D eigenvalue weighted by Crippen LogP contribution is 2.32. The minimum absolute atomic E-state index is 0.0965. The van der Waals surface area contributed by atoms with Gasteiger partial charge in [-0.25, -0.2) is 4.98 Å². The van der Waals surface area contributed by atoms with E-state index in [2.05, 4.69) is 20.8 Å². The molecule has 1 atom stereocenters. The van der Waals surface area contributed by atoms with Crippen LogP contribution in [0.15, 0.2) is 34.2 Å². The Bertz CT molecular complexity index is 1040. The van der Waals surface area contributed by atoms with E-state index in [9.17, 15) is 9.59 Å². The van der Waals surface area contributed by atoms with Gasteiger partial charge in [0.2, 0.25) is 11.8 Å². The topological polar surface area (TPSA) is 97.1 Å². The number of amides is 2. The molecule has 152 valence electrons. The molecule has 2 aromatic heterocycles. The third-order valence-electron chi connectivity index (χ3n) is 3.67. The maximum atomic E-state index is 12.2. The van der Waals surface area contributed by atoms with Gasteiger partial charge in [-0.1, -0.05) is 28.4 Å². The van der Waals surface area contributed by atoms with Crippen LogP contribution in [-0.2, 0) is 9.59 Å². The molecule has 2 heterocycles. The van der Waals surface area contributed by atoms with Crippen molar-refractivity contribution < 1.29 is 14.1 Å². The molecule has 7 nitrogen and oxygen atoms in total. The maximum Gasteiger partial charge on any atom is 0.238 e. The van der Waals surface area contributed by atoms with Crippen molar-refractivity contribution in [2.45, 2.75) is 19.1 Å². The molecule has 0 bridgehead atoms. The fraction of sp³-hybridized carbons (Fsp3) is 0.222. The lowest BCUT2D eigenvalue weighted by atomic mass is 10.2. The molecule has 11 heteroatoms. The molecular weight excluding hydrogens is 455 g/mol. The number of aryl methyl sites for hydroxylation is 1. The van der Waals surface area contributed by atoms with Crippen LogP contribution in [0.4, 0.5) is 10.9 Å². The molecule has 1 unspecified atom stereocenters. The zero-order valence-electron chi connectivity index (χ0n) is 15.4. The van der Waals surface area contributed by atoms with Crippen molar-refractivity contribution in [3.8, 4) is 11.3 Å². The van der Waals surface area contributed by atoms with Crippen molar-refractivity contribution in [1.82, 2.24) is 10.1 Å². The monoisotopic (exact) mass is 470 g/mol. The van der Waals surface area contributed by atoms with Crippen molar-refractivity contribution >= 4 is 69.1 Å². The second-order valence-electron chi connectivity index (χ2n) is 5.98. The van der Waals surface area contributed by atoms with E-state index in [0.29, 0.717) is 38.0 Å². The summed E-state index contributed by atoms with van der Waals surface area (Å²) in [6, 6.07) is 6.73. The lowest BCUT2D eigenvalue weighted by Crippen LogP contribution is -2.25. The van der Waals surface area contributed by atoms with Gasteiger partial charge in [-0.05, 0) is 32.0 Å². The van der Waals surface area contributed by atoms with Crippen LogP contribution in [0.3, 0.4) is 0 Å². The third kappa shape index (κ3) is 5.96. The average molecular weight is 471 g/mol. The standard InChI is InChI=1S/C18H16Cl2N4O3S2/c1-9-5-15(24-27-9)22-17(26)10(2)28-8-16(25)23-18-21-14(7-29-18)12-6-11(19)3-4-13(12)20/h3-7,10H,8H2,1-2H3,(H,21,23,25)(H,22,24,26). The first kappa shape index (κ1) is 21.6. The molecular formula is C18H16Cl2N4O3S2. The van der Waals surface area contributed by atoms with Crippen LogP contribution in [-0.4, -0.2) is 33.0 Å². The molecule has 3 aromatic rings. The first-order chi connectivity index (χ1) is 13.8. The Kier molecular flexibility index (Phi) is 7.18. The molecule has 0 fully saturated rings. The van der Waals surface area contributed by atoms with E-state index in [-0.39, 0.29) is 17.6 Å². The highest BCUT2D eigenvalue weighted by molar-refractivity contribution is 8.01. The second kappa shape index (κ2) is 9.62. The minimum Gasteiger partial charge on any atom is -0.360 e. The summed E-state index contributed by atoms with van der Waals surface area (Å²) in [5, 5.41) is 11.9. The van der Waals surface area contributed by atoms with Gasteiger partial charge in [-0.15, -0.1) is 23.1 Å². The zero-order valence-corrected chi connectivity index (χ0v) is 18.5. The molecule has 2 N–H and O–H groups in total. The van der Waals surface area contributed by atoms with Crippen molar-refractivity contribution in [1.29, 1.82) is 0 Å². The van der Waals surface area contributed by atoms with Crippen LogP contribution in [0.25, 0.3) is 11.3 Å². The Labute approximate surface area is 185 Å². The quantitative estimate of drug-likeness (QED) is 0.497. The minimum atomic E-state index is -0.449. The number of aromatic nitrogens is 2. The van der Waals surface area contributed by atoms with Crippen molar-refractivity contribution in [3.05, 3.63) is 45.5 Å². The first-order valence-corrected chi connectivity index (χ1v) is 11.1. The summed E-state index contributed by atoms with van der Waals surface area (Å²) in [5.74, 6) is 0.522. The third-order valence-corrected chi connectivity index (χ3v) is 6.13. The highest BCUT2D eigenvalue weighted by atomic mass is 35.5. The van der Waals surface area contributed by atoms with Gasteiger partial charge in [0, 0.05) is 22.0 Å². The van der Waals surface area contributed by atoms with E-state index < -0.39 is 5.25 Å². The number of nitrogens with zero attached hydrogens (tertiary/aromatic N) is 2. The number of anilines is 2. The second-order valence-corrected chi connectivity index (χ2v) is 9.01. The first-order valence-electron chi connectivity index (χ1n) is 8.38. The number of carbonyl (C=O) groups is 2. The molecule has 0 saturated heterocycles. The van der Waals surface area contributed by atoms with E-state index in [1.54, 1.807) is 43.5 Å². The molecule has 29 heavy (non-hydrogen) atoms. The normalized spacial score (nSPS) is 11.9. The van der Waals surface area contributed by atoms with Crippen LogP contribution in [0, 0.1) is 6.92 Å². The number of nitrogens with one attached hydrogen (secondary N) is 2. The molecule has 0 aliphatic heterocycles. The van der Waals surface area contributed by atoms with Gasteiger partial charge in [0.15, 0.2) is 10.9 Å². The molecule has 1 aromatic carbocycles. The van der Waals surface area contributed by atoms with Gasteiger partial charge < -0.3 is 15.2 Å². The van der Waals surface area contributed by atoms with Gasteiger partial charge in [-0.3, -0.25) is 9.59 Å².